The van der Waals surface area contributed by atoms with Crippen LogP contribution in [0.1, 0.15) is 12.5 Å². The lowest BCUT2D eigenvalue weighted by molar-refractivity contribution is -0.0396. The molecule has 40 heavy (non-hydrogen) atoms. The minimum Gasteiger partial charge on any atom is -0.369 e. The predicted octanol–water partition coefficient (Wildman–Crippen LogP) is 0.631. The molecule has 4 N–H and O–H groups in total. The van der Waals surface area contributed by atoms with E-state index < -0.39 is 68.1 Å². The van der Waals surface area contributed by atoms with Crippen LogP contribution in [0.4, 0.5) is 14.7 Å². The summed E-state index contributed by atoms with van der Waals surface area (Å²) in [6, 6.07) is 0. The number of hydrogen-bond acceptors (Lipinski definition) is 12. The molecule has 0 radical (unpaired) electrons. The summed E-state index contributed by atoms with van der Waals surface area (Å²) in [6.07, 6.45) is -4.29. The number of nitrogens with zero attached hydrogens (tertiary/aromatic N) is 6. The summed E-state index contributed by atoms with van der Waals surface area (Å²) in [5, 5.41) is 0. The van der Waals surface area contributed by atoms with Gasteiger partial charge in [0.15, 0.2) is 53.2 Å². The lowest BCUT2D eigenvalue weighted by atomic mass is 10.0. The van der Waals surface area contributed by atoms with E-state index >= 15 is 8.78 Å². The number of nitrogens with one attached hydrogen (secondary N) is 2. The van der Waals surface area contributed by atoms with Gasteiger partial charge in [-0.2, -0.15) is 4.98 Å². The van der Waals surface area contributed by atoms with E-state index in [4.69, 9.17) is 24.3 Å². The summed E-state index contributed by atoms with van der Waals surface area (Å²) in [5.74, 6) is -2.05. The van der Waals surface area contributed by atoms with Crippen LogP contribution < -0.4 is 16.9 Å². The van der Waals surface area contributed by atoms with Gasteiger partial charge in [-0.1, -0.05) is 8.58 Å². The Morgan fingerprint density at radius 1 is 1.02 bits per heavy atom. The van der Waals surface area contributed by atoms with Gasteiger partial charge in [0.05, 0.1) is 25.1 Å². The van der Waals surface area contributed by atoms with Crippen molar-refractivity contribution < 1.29 is 31.9 Å². The third-order valence-electron chi connectivity index (χ3n) is 7.11. The van der Waals surface area contributed by atoms with E-state index in [2.05, 4.69) is 29.9 Å². The van der Waals surface area contributed by atoms with Gasteiger partial charge in [0.25, 0.3) is 11.1 Å². The molecular weight excluding hydrogens is 578 g/mol. The van der Waals surface area contributed by atoms with Gasteiger partial charge in [-0.25, -0.2) is 23.7 Å². The van der Waals surface area contributed by atoms with Gasteiger partial charge in [-0.05, 0) is 6.16 Å². The zero-order valence-electron chi connectivity index (χ0n) is 20.1. The first-order chi connectivity index (χ1) is 19.3. The van der Waals surface area contributed by atoms with E-state index in [9.17, 15) is 14.2 Å². The number of ether oxygens (including phenoxy) is 2. The fourth-order valence-corrected chi connectivity index (χ4v) is 7.61. The second kappa shape index (κ2) is 9.68. The van der Waals surface area contributed by atoms with Crippen molar-refractivity contribution in [2.45, 2.75) is 42.9 Å². The second-order valence-corrected chi connectivity index (χ2v) is 11.7. The summed E-state index contributed by atoms with van der Waals surface area (Å²) in [7, 11) is -3.16. The number of aromatic amines is 2. The van der Waals surface area contributed by atoms with Gasteiger partial charge in [0.2, 0.25) is 5.95 Å². The van der Waals surface area contributed by atoms with Crippen LogP contribution in [-0.2, 0) is 23.1 Å². The SMILES string of the molecule is Nc1nc2c(ncn2[C@@H]2OC3PC[C@H]4[C@H](F)[C@H](n5cnc6c(=O)[nH]cnc65)O[C@@H]4CO[P+](=O)O[C@@H]2[C@@H]3F)c(=O)[nH]1. The highest BCUT2D eigenvalue weighted by Crippen LogP contribution is 2.49. The maximum atomic E-state index is 15.9. The van der Waals surface area contributed by atoms with Gasteiger partial charge in [0, 0.05) is 10.5 Å². The summed E-state index contributed by atoms with van der Waals surface area (Å²) in [6.45, 7) is -0.302. The third-order valence-corrected chi connectivity index (χ3v) is 9.45. The zero-order valence-corrected chi connectivity index (χ0v) is 22.0. The number of H-pyrrole nitrogens is 2. The fraction of sp³-hybridized carbons (Fsp3) is 0.500. The molecule has 0 aromatic carbocycles. The number of rotatable bonds is 2. The topological polar surface area (TPSA) is 207 Å². The molecule has 7 rings (SSSR count). The van der Waals surface area contributed by atoms with Crippen LogP contribution in [0.3, 0.4) is 0 Å². The molecule has 3 fully saturated rings. The first-order valence-electron chi connectivity index (χ1n) is 12.0. The zero-order chi connectivity index (χ0) is 27.7. The molecule has 10 atom stereocenters. The molecule has 7 heterocycles. The molecule has 0 saturated carbocycles. The van der Waals surface area contributed by atoms with Crippen LogP contribution in [0.5, 0.6) is 0 Å². The molecule has 0 aliphatic carbocycles. The number of fused-ring (bicyclic) bond motifs is 5. The summed E-state index contributed by atoms with van der Waals surface area (Å²) in [4.78, 5) is 45.2. The van der Waals surface area contributed by atoms with Crippen LogP contribution in [0.15, 0.2) is 28.6 Å². The molecule has 3 saturated heterocycles. The Labute approximate surface area is 223 Å². The number of imidazole rings is 2. The lowest BCUT2D eigenvalue weighted by Crippen LogP contribution is -2.29. The van der Waals surface area contributed by atoms with Crippen LogP contribution in [0.25, 0.3) is 22.3 Å². The molecule has 20 heteroatoms. The smallest absolute Gasteiger partial charge is 0.369 e. The van der Waals surface area contributed by atoms with Crippen molar-refractivity contribution in [3.05, 3.63) is 39.7 Å². The van der Waals surface area contributed by atoms with Gasteiger partial charge >= 0.3 is 8.25 Å². The van der Waals surface area contributed by atoms with E-state index in [-0.39, 0.29) is 49.6 Å². The first kappa shape index (κ1) is 25.7. The molecular formula is C20H20F2N9O7P2+. The molecule has 4 aromatic heterocycles. The molecule has 3 aliphatic heterocycles. The minimum absolute atomic E-state index is 0.0179. The number of halogens is 2. The van der Waals surface area contributed by atoms with E-state index in [1.54, 1.807) is 0 Å². The number of aromatic nitrogens is 8. The number of nitrogen functional groups attached to an aromatic ring is 1. The van der Waals surface area contributed by atoms with Gasteiger partial charge < -0.3 is 20.2 Å². The number of hydrogen-bond donors (Lipinski definition) is 3. The quantitative estimate of drug-likeness (QED) is 0.272. The molecule has 16 nitrogen and oxygen atoms in total. The highest BCUT2D eigenvalue weighted by molar-refractivity contribution is 7.38. The largest absolute Gasteiger partial charge is 0.698 e. The van der Waals surface area contributed by atoms with E-state index in [0.717, 1.165) is 0 Å². The molecule has 3 unspecified atom stereocenters. The Morgan fingerprint density at radius 3 is 2.58 bits per heavy atom. The van der Waals surface area contributed by atoms with Crippen LogP contribution in [0.2, 0.25) is 0 Å². The van der Waals surface area contributed by atoms with Crippen molar-refractivity contribution in [2.24, 2.45) is 5.92 Å². The van der Waals surface area contributed by atoms with Crippen molar-refractivity contribution >= 4 is 45.1 Å². The lowest BCUT2D eigenvalue weighted by Gasteiger charge is -2.20. The van der Waals surface area contributed by atoms with Crippen molar-refractivity contribution in [1.82, 2.24) is 39.0 Å². The monoisotopic (exact) mass is 598 g/mol. The molecule has 3 aliphatic rings. The number of anilines is 1. The third kappa shape index (κ3) is 4.05. The molecule has 210 valence electrons. The Bertz CT molecular complexity index is 1750. The predicted molar refractivity (Wildman–Crippen MR) is 133 cm³/mol. The Hall–Kier alpha value is -3.27. The maximum absolute atomic E-state index is 15.9. The van der Waals surface area contributed by atoms with Crippen molar-refractivity contribution in [1.29, 1.82) is 0 Å². The average molecular weight is 598 g/mol. The number of nitrogens with two attached hydrogens (primary N) is 1. The summed E-state index contributed by atoms with van der Waals surface area (Å²) in [5.41, 5.74) is 4.69. The minimum atomic E-state index is -2.90. The highest BCUT2D eigenvalue weighted by Gasteiger charge is 2.55. The maximum Gasteiger partial charge on any atom is 0.698 e. The standard InChI is InChI=1S/C20H19F2N9O7P2/c21-8-6-2-39-19-9(22)12(18(37-19)31-5-27-11-14(31)28-20(23)29-16(11)33)38-40(34)35-1-7(6)36-17(8)30-4-26-10-13(30)24-3-25-15(10)32/h3-9,12,17-19,39H,1-2H2,(H3-,23,24,25,28,29,32,33)/p+1/t6-,7-,8+,9+,12-,17-,18-,19?/m1/s1. The summed E-state index contributed by atoms with van der Waals surface area (Å²) < 4.78 is 69.7. The van der Waals surface area contributed by atoms with Crippen LogP contribution in [0, 0.1) is 5.92 Å². The number of alkyl halides is 2. The normalized spacial score (nSPS) is 34.4. The molecule has 2 bridgehead atoms. The van der Waals surface area contributed by atoms with Crippen LogP contribution in [-0.4, -0.2) is 82.2 Å². The fourth-order valence-electron chi connectivity index (χ4n) is 5.22. The summed E-state index contributed by atoms with van der Waals surface area (Å²) >= 11 is 0. The van der Waals surface area contributed by atoms with Crippen molar-refractivity contribution in [2.75, 3.05) is 18.5 Å². The van der Waals surface area contributed by atoms with Crippen LogP contribution >= 0.6 is 16.8 Å². The molecule has 0 spiro atoms. The average Bonchev–Trinajstić information content (AvgIpc) is 3.67. The second-order valence-electron chi connectivity index (χ2n) is 9.39. The van der Waals surface area contributed by atoms with Gasteiger partial charge in [0.1, 0.15) is 12.5 Å². The Balaban J connectivity index is 1.18. The Morgan fingerprint density at radius 2 is 1.77 bits per heavy atom. The van der Waals surface area contributed by atoms with Crippen molar-refractivity contribution in [3.8, 4) is 0 Å². The highest BCUT2D eigenvalue weighted by atomic mass is 31.1. The molecule has 4 aromatic rings. The molecule has 0 amide bonds. The van der Waals surface area contributed by atoms with Gasteiger partial charge in [-0.3, -0.25) is 23.7 Å². The van der Waals surface area contributed by atoms with E-state index in [1.165, 1.54) is 28.1 Å². The van der Waals surface area contributed by atoms with E-state index in [0.29, 0.717) is 0 Å². The van der Waals surface area contributed by atoms with E-state index in [1.807, 2.05) is 0 Å². The van der Waals surface area contributed by atoms with Crippen molar-refractivity contribution in [3.63, 3.8) is 0 Å². The van der Waals surface area contributed by atoms with Gasteiger partial charge in [-0.15, -0.1) is 9.05 Å². The Kier molecular flexibility index (Phi) is 6.21. The first-order valence-corrected chi connectivity index (χ1v) is 14.4.